The van der Waals surface area contributed by atoms with Crippen molar-refractivity contribution >= 4 is 22.8 Å². The summed E-state index contributed by atoms with van der Waals surface area (Å²) in [5, 5.41) is 2.89. The zero-order valence-electron chi connectivity index (χ0n) is 20.1. The molecule has 4 aromatic rings. The molecule has 0 radical (unpaired) electrons. The summed E-state index contributed by atoms with van der Waals surface area (Å²) in [6, 6.07) is 14.9. The minimum Gasteiger partial charge on any atom is -0.382 e. The summed E-state index contributed by atoms with van der Waals surface area (Å²) in [5.41, 5.74) is 9.05. The van der Waals surface area contributed by atoms with Gasteiger partial charge in [-0.3, -0.25) is 4.79 Å². The number of halogens is 1. The van der Waals surface area contributed by atoms with Gasteiger partial charge in [0, 0.05) is 38.4 Å². The fourth-order valence-electron chi connectivity index (χ4n) is 4.84. The zero-order valence-corrected chi connectivity index (χ0v) is 20.1. The first-order valence-corrected chi connectivity index (χ1v) is 12.3. The van der Waals surface area contributed by atoms with E-state index >= 15 is 0 Å². The van der Waals surface area contributed by atoms with Crippen LogP contribution in [0.3, 0.4) is 0 Å². The monoisotopic (exact) mass is 487 g/mol. The normalized spacial score (nSPS) is 14.8. The van der Waals surface area contributed by atoms with Crippen LogP contribution in [0.1, 0.15) is 34.7 Å². The van der Waals surface area contributed by atoms with Crippen LogP contribution < -0.4 is 11.1 Å². The number of anilines is 1. The Balaban J connectivity index is 1.16. The number of fused-ring (bicyclic) bond motifs is 1. The number of nitrogens with zero attached hydrogens (tertiary/aromatic N) is 5. The van der Waals surface area contributed by atoms with Gasteiger partial charge in [0.25, 0.3) is 5.91 Å². The standard InChI is InChI=1S/C27H30FN7O/c28-21-7-5-20(6-8-21)18-35-23-4-2-1-3-22(23)33-24(35)17-19-9-14-34(15-10-19)16-13-32-27(36)25-26(29)31-12-11-30-25/h1-8,11-12,19H,9-10,13-18H2,(H2,29,31)(H,32,36). The number of carbonyl (C=O) groups is 1. The third-order valence-corrected chi connectivity index (χ3v) is 6.82. The Bertz CT molecular complexity index is 1330. The molecule has 1 aliphatic rings. The molecule has 3 N–H and O–H groups in total. The number of likely N-dealkylation sites (tertiary alicyclic amines) is 1. The van der Waals surface area contributed by atoms with Gasteiger partial charge in [0.2, 0.25) is 0 Å². The number of rotatable bonds is 8. The molecule has 0 unspecified atom stereocenters. The van der Waals surface area contributed by atoms with Crippen molar-refractivity contribution in [3.05, 3.63) is 83.8 Å². The van der Waals surface area contributed by atoms with Crippen LogP contribution >= 0.6 is 0 Å². The number of nitrogens with one attached hydrogen (secondary N) is 1. The van der Waals surface area contributed by atoms with Crippen LogP contribution in [0, 0.1) is 11.7 Å². The molecule has 1 aliphatic heterocycles. The Labute approximate surface area is 209 Å². The van der Waals surface area contributed by atoms with Gasteiger partial charge in [-0.15, -0.1) is 0 Å². The maximum absolute atomic E-state index is 13.4. The fraction of sp³-hybridized carbons (Fsp3) is 0.333. The second kappa shape index (κ2) is 10.8. The highest BCUT2D eigenvalue weighted by Crippen LogP contribution is 2.25. The molecule has 0 bridgehead atoms. The molecular weight excluding hydrogens is 457 g/mol. The Morgan fingerprint density at radius 1 is 1.06 bits per heavy atom. The van der Waals surface area contributed by atoms with Gasteiger partial charge < -0.3 is 20.5 Å². The number of piperidine rings is 1. The summed E-state index contributed by atoms with van der Waals surface area (Å²) >= 11 is 0. The molecule has 0 spiro atoms. The summed E-state index contributed by atoms with van der Waals surface area (Å²) in [4.78, 5) is 27.5. The molecule has 0 atom stereocenters. The Kier molecular flexibility index (Phi) is 7.18. The molecule has 0 saturated carbocycles. The molecule has 36 heavy (non-hydrogen) atoms. The molecule has 1 amide bonds. The van der Waals surface area contributed by atoms with E-state index in [4.69, 9.17) is 10.7 Å². The van der Waals surface area contributed by atoms with E-state index in [0.29, 0.717) is 19.0 Å². The smallest absolute Gasteiger partial charge is 0.273 e. The number of nitrogen functional groups attached to an aromatic ring is 1. The molecule has 1 saturated heterocycles. The first kappa shape index (κ1) is 23.9. The zero-order chi connectivity index (χ0) is 24.9. The second-order valence-electron chi connectivity index (χ2n) is 9.26. The molecule has 9 heteroatoms. The van der Waals surface area contributed by atoms with E-state index in [0.717, 1.165) is 61.3 Å². The molecular formula is C27H30FN7O. The average molecular weight is 488 g/mol. The van der Waals surface area contributed by atoms with E-state index in [2.05, 4.69) is 30.8 Å². The number of amides is 1. The van der Waals surface area contributed by atoms with Crippen LogP contribution in [0.15, 0.2) is 60.9 Å². The van der Waals surface area contributed by atoms with Crippen molar-refractivity contribution in [1.82, 2.24) is 29.7 Å². The van der Waals surface area contributed by atoms with Crippen molar-refractivity contribution in [2.24, 2.45) is 5.92 Å². The van der Waals surface area contributed by atoms with Gasteiger partial charge in [-0.25, -0.2) is 19.3 Å². The van der Waals surface area contributed by atoms with Gasteiger partial charge in [0.15, 0.2) is 11.5 Å². The summed E-state index contributed by atoms with van der Waals surface area (Å²) in [7, 11) is 0. The van der Waals surface area contributed by atoms with Crippen molar-refractivity contribution in [1.29, 1.82) is 0 Å². The highest BCUT2D eigenvalue weighted by molar-refractivity contribution is 5.96. The van der Waals surface area contributed by atoms with E-state index in [1.54, 1.807) is 0 Å². The Morgan fingerprint density at radius 2 is 1.81 bits per heavy atom. The summed E-state index contributed by atoms with van der Waals surface area (Å²) in [5.74, 6) is 1.24. The molecule has 0 aliphatic carbocycles. The van der Waals surface area contributed by atoms with Crippen molar-refractivity contribution in [3.63, 3.8) is 0 Å². The van der Waals surface area contributed by atoms with Gasteiger partial charge in [-0.05, 0) is 61.7 Å². The fourth-order valence-corrected chi connectivity index (χ4v) is 4.84. The lowest BCUT2D eigenvalue weighted by Crippen LogP contribution is -2.40. The van der Waals surface area contributed by atoms with Crippen LogP contribution in [0.4, 0.5) is 10.2 Å². The SMILES string of the molecule is Nc1nccnc1C(=O)NCCN1CCC(Cc2nc3ccccc3n2Cc2ccc(F)cc2)CC1. The highest BCUT2D eigenvalue weighted by atomic mass is 19.1. The van der Waals surface area contributed by atoms with E-state index in [1.165, 1.54) is 24.5 Å². The van der Waals surface area contributed by atoms with E-state index in [1.807, 2.05) is 30.3 Å². The predicted octanol–water partition coefficient (Wildman–Crippen LogP) is 3.28. The van der Waals surface area contributed by atoms with Crippen LogP contribution in [0.25, 0.3) is 11.0 Å². The lowest BCUT2D eigenvalue weighted by Gasteiger charge is -2.32. The van der Waals surface area contributed by atoms with Crippen LogP contribution in [-0.4, -0.2) is 56.5 Å². The molecule has 5 rings (SSSR count). The topological polar surface area (TPSA) is 102 Å². The number of imidazole rings is 1. The van der Waals surface area contributed by atoms with Gasteiger partial charge in [0.05, 0.1) is 11.0 Å². The van der Waals surface area contributed by atoms with E-state index < -0.39 is 0 Å². The lowest BCUT2D eigenvalue weighted by atomic mass is 9.93. The summed E-state index contributed by atoms with van der Waals surface area (Å²) in [6.45, 7) is 3.94. The maximum Gasteiger partial charge on any atom is 0.273 e. The quantitative estimate of drug-likeness (QED) is 0.396. The number of hydrogen-bond donors (Lipinski definition) is 2. The van der Waals surface area contributed by atoms with Crippen molar-refractivity contribution in [2.75, 3.05) is 31.9 Å². The number of hydrogen-bond acceptors (Lipinski definition) is 6. The van der Waals surface area contributed by atoms with Crippen LogP contribution in [-0.2, 0) is 13.0 Å². The van der Waals surface area contributed by atoms with Gasteiger partial charge in [-0.2, -0.15) is 0 Å². The van der Waals surface area contributed by atoms with Crippen molar-refractivity contribution in [2.45, 2.75) is 25.8 Å². The largest absolute Gasteiger partial charge is 0.382 e. The molecule has 3 heterocycles. The Hall–Kier alpha value is -3.85. The highest BCUT2D eigenvalue weighted by Gasteiger charge is 2.22. The van der Waals surface area contributed by atoms with Crippen LogP contribution in [0.5, 0.6) is 0 Å². The first-order valence-electron chi connectivity index (χ1n) is 12.3. The first-order chi connectivity index (χ1) is 17.6. The van der Waals surface area contributed by atoms with E-state index in [-0.39, 0.29) is 23.2 Å². The number of para-hydroxylation sites is 2. The average Bonchev–Trinajstić information content (AvgIpc) is 3.23. The van der Waals surface area contributed by atoms with Crippen LogP contribution in [0.2, 0.25) is 0 Å². The molecule has 8 nitrogen and oxygen atoms in total. The van der Waals surface area contributed by atoms with Crippen molar-refractivity contribution in [3.8, 4) is 0 Å². The van der Waals surface area contributed by atoms with Gasteiger partial charge in [0.1, 0.15) is 11.6 Å². The molecule has 186 valence electrons. The van der Waals surface area contributed by atoms with Crippen molar-refractivity contribution < 1.29 is 9.18 Å². The van der Waals surface area contributed by atoms with Gasteiger partial charge >= 0.3 is 0 Å². The molecule has 2 aromatic heterocycles. The third-order valence-electron chi connectivity index (χ3n) is 6.82. The third kappa shape index (κ3) is 5.52. The number of aromatic nitrogens is 4. The molecule has 2 aromatic carbocycles. The minimum atomic E-state index is -0.296. The summed E-state index contributed by atoms with van der Waals surface area (Å²) < 4.78 is 15.7. The number of benzene rings is 2. The molecule has 1 fully saturated rings. The van der Waals surface area contributed by atoms with Gasteiger partial charge in [-0.1, -0.05) is 24.3 Å². The van der Waals surface area contributed by atoms with E-state index in [9.17, 15) is 9.18 Å². The Morgan fingerprint density at radius 3 is 2.58 bits per heavy atom. The summed E-state index contributed by atoms with van der Waals surface area (Å²) in [6.07, 6.45) is 5.99. The minimum absolute atomic E-state index is 0.140. The predicted molar refractivity (Wildman–Crippen MR) is 137 cm³/mol. The lowest BCUT2D eigenvalue weighted by molar-refractivity contribution is 0.0939. The second-order valence-corrected chi connectivity index (χ2v) is 9.26. The number of nitrogens with two attached hydrogens (primary N) is 1. The number of carbonyl (C=O) groups excluding carboxylic acids is 1. The maximum atomic E-state index is 13.4.